The number of ether oxygens (including phenoxy) is 1. The van der Waals surface area contributed by atoms with Crippen LogP contribution in [0.15, 0.2) is 30.3 Å². The lowest BCUT2D eigenvalue weighted by Gasteiger charge is -2.12. The summed E-state index contributed by atoms with van der Waals surface area (Å²) in [4.78, 5) is 0. The van der Waals surface area contributed by atoms with Crippen LogP contribution in [0.1, 0.15) is 18.6 Å². The molecule has 1 unspecified atom stereocenters. The van der Waals surface area contributed by atoms with E-state index in [-0.39, 0.29) is 6.61 Å². The number of hydrogen-bond acceptors (Lipinski definition) is 4. The van der Waals surface area contributed by atoms with E-state index >= 15 is 0 Å². The van der Waals surface area contributed by atoms with Gasteiger partial charge in [-0.1, -0.05) is 25.1 Å². The van der Waals surface area contributed by atoms with Gasteiger partial charge in [0.2, 0.25) is 0 Å². The lowest BCUT2D eigenvalue weighted by Crippen LogP contribution is -2.12. The molecule has 2 rings (SSSR count). The van der Waals surface area contributed by atoms with Gasteiger partial charge in [0.05, 0.1) is 0 Å². The molecule has 1 heterocycles. The quantitative estimate of drug-likeness (QED) is 0.857. The first-order chi connectivity index (χ1) is 9.26. The minimum atomic E-state index is -0.124. The van der Waals surface area contributed by atoms with Gasteiger partial charge in [-0.2, -0.15) is 0 Å². The second-order valence-electron chi connectivity index (χ2n) is 4.63. The van der Waals surface area contributed by atoms with E-state index in [1.807, 2.05) is 34.9 Å². The molecule has 0 bridgehead atoms. The maximum Gasteiger partial charge on any atom is 0.163 e. The Morgan fingerprint density at radius 3 is 2.53 bits per heavy atom. The molecule has 0 saturated heterocycles. The molecule has 5 heteroatoms. The Kier molecular flexibility index (Phi) is 4.65. The molecular formula is C14H19N3O2. The minimum Gasteiger partial charge on any atom is -0.388 e. The monoisotopic (exact) mass is 261 g/mol. The van der Waals surface area contributed by atoms with Gasteiger partial charge in [0.25, 0.3) is 0 Å². The average Bonchev–Trinajstić information content (AvgIpc) is 2.82. The summed E-state index contributed by atoms with van der Waals surface area (Å²) in [6.07, 6.45) is 0.760. The molecule has 1 atom stereocenters. The number of methoxy groups -OCH3 is 1. The number of hydrogen-bond donors (Lipinski definition) is 1. The van der Waals surface area contributed by atoms with Gasteiger partial charge in [0.1, 0.15) is 12.4 Å². The Bertz CT molecular complexity index is 511. The van der Waals surface area contributed by atoms with Crippen molar-refractivity contribution < 1.29 is 9.84 Å². The van der Waals surface area contributed by atoms with Crippen molar-refractivity contribution in [1.82, 2.24) is 14.8 Å². The molecule has 0 fully saturated rings. The van der Waals surface area contributed by atoms with Crippen molar-refractivity contribution in [2.45, 2.75) is 20.0 Å². The third-order valence-corrected chi connectivity index (χ3v) is 2.94. The molecule has 2 aromatic rings. The van der Waals surface area contributed by atoms with Gasteiger partial charge in [0, 0.05) is 25.8 Å². The van der Waals surface area contributed by atoms with Crippen molar-refractivity contribution in [3.63, 3.8) is 0 Å². The molecule has 19 heavy (non-hydrogen) atoms. The fraction of sp³-hybridized carbons (Fsp3) is 0.429. The smallest absolute Gasteiger partial charge is 0.163 e. The molecule has 1 aromatic heterocycles. The Morgan fingerprint density at radius 2 is 1.89 bits per heavy atom. The SMILES string of the molecule is COCC(C)Cc1nnc(CO)n1-c1ccccc1. The van der Waals surface area contributed by atoms with Crippen LogP contribution in [0.25, 0.3) is 5.69 Å². The number of benzene rings is 1. The van der Waals surface area contributed by atoms with Crippen LogP contribution in [0.4, 0.5) is 0 Å². The number of nitrogens with zero attached hydrogens (tertiary/aromatic N) is 3. The topological polar surface area (TPSA) is 60.2 Å². The van der Waals surface area contributed by atoms with E-state index in [0.29, 0.717) is 18.3 Å². The first-order valence-corrected chi connectivity index (χ1v) is 6.34. The zero-order valence-corrected chi connectivity index (χ0v) is 11.3. The van der Waals surface area contributed by atoms with E-state index in [1.54, 1.807) is 7.11 Å². The number of para-hydroxylation sites is 1. The molecule has 1 N–H and O–H groups in total. The van der Waals surface area contributed by atoms with Crippen molar-refractivity contribution in [3.05, 3.63) is 42.0 Å². The Hall–Kier alpha value is -1.72. The van der Waals surface area contributed by atoms with E-state index in [0.717, 1.165) is 17.9 Å². The summed E-state index contributed by atoms with van der Waals surface area (Å²) in [6.45, 7) is 2.66. The molecule has 5 nitrogen and oxygen atoms in total. The molecule has 0 aliphatic heterocycles. The normalized spacial score (nSPS) is 12.6. The molecule has 102 valence electrons. The summed E-state index contributed by atoms with van der Waals surface area (Å²) >= 11 is 0. The third-order valence-electron chi connectivity index (χ3n) is 2.94. The van der Waals surface area contributed by atoms with Crippen molar-refractivity contribution in [2.24, 2.45) is 5.92 Å². The van der Waals surface area contributed by atoms with Gasteiger partial charge in [-0.25, -0.2) is 0 Å². The Labute approximate surface area is 112 Å². The Morgan fingerprint density at radius 1 is 1.21 bits per heavy atom. The number of aliphatic hydroxyl groups is 1. The molecule has 0 saturated carbocycles. The number of rotatable bonds is 6. The van der Waals surface area contributed by atoms with Crippen molar-refractivity contribution in [3.8, 4) is 5.69 Å². The summed E-state index contributed by atoms with van der Waals surface area (Å²) in [5, 5.41) is 17.6. The van der Waals surface area contributed by atoms with E-state index in [2.05, 4.69) is 17.1 Å². The van der Waals surface area contributed by atoms with Crippen molar-refractivity contribution in [2.75, 3.05) is 13.7 Å². The molecule has 0 aliphatic carbocycles. The fourth-order valence-corrected chi connectivity index (χ4v) is 2.12. The van der Waals surface area contributed by atoms with Crippen LogP contribution in [0.5, 0.6) is 0 Å². The summed E-state index contributed by atoms with van der Waals surface area (Å²) < 4.78 is 7.06. The van der Waals surface area contributed by atoms with Gasteiger partial charge in [0.15, 0.2) is 5.82 Å². The molecule has 0 spiro atoms. The molecule has 0 aliphatic rings. The predicted molar refractivity (Wildman–Crippen MR) is 72.0 cm³/mol. The van der Waals surface area contributed by atoms with Gasteiger partial charge < -0.3 is 9.84 Å². The largest absolute Gasteiger partial charge is 0.388 e. The summed E-state index contributed by atoms with van der Waals surface area (Å²) in [5.41, 5.74) is 0.969. The van der Waals surface area contributed by atoms with Gasteiger partial charge in [-0.15, -0.1) is 10.2 Å². The van der Waals surface area contributed by atoms with Crippen LogP contribution in [0.2, 0.25) is 0 Å². The van der Waals surface area contributed by atoms with Gasteiger partial charge in [-0.05, 0) is 18.1 Å². The summed E-state index contributed by atoms with van der Waals surface area (Å²) in [5.74, 6) is 1.76. The fourth-order valence-electron chi connectivity index (χ4n) is 2.12. The van der Waals surface area contributed by atoms with E-state index in [9.17, 15) is 5.11 Å². The first kappa shape index (κ1) is 13.7. The highest BCUT2D eigenvalue weighted by Crippen LogP contribution is 2.16. The van der Waals surface area contributed by atoms with Crippen LogP contribution in [0.3, 0.4) is 0 Å². The number of aliphatic hydroxyl groups excluding tert-OH is 1. The van der Waals surface area contributed by atoms with E-state index in [4.69, 9.17) is 4.74 Å². The lowest BCUT2D eigenvalue weighted by molar-refractivity contribution is 0.158. The maximum atomic E-state index is 9.38. The second kappa shape index (κ2) is 6.45. The molecule has 0 radical (unpaired) electrons. The van der Waals surface area contributed by atoms with Gasteiger partial charge in [-0.3, -0.25) is 4.57 Å². The minimum absolute atomic E-state index is 0.124. The van der Waals surface area contributed by atoms with Crippen molar-refractivity contribution >= 4 is 0 Å². The Balaban J connectivity index is 2.32. The highest BCUT2D eigenvalue weighted by Gasteiger charge is 2.15. The summed E-state index contributed by atoms with van der Waals surface area (Å²) in [7, 11) is 1.69. The van der Waals surface area contributed by atoms with Crippen LogP contribution in [-0.4, -0.2) is 33.6 Å². The highest BCUT2D eigenvalue weighted by atomic mass is 16.5. The lowest BCUT2D eigenvalue weighted by atomic mass is 10.1. The predicted octanol–water partition coefficient (Wildman–Crippen LogP) is 1.58. The standard InChI is InChI=1S/C14H19N3O2/c1-11(10-19-2)8-13-15-16-14(9-18)17(13)12-6-4-3-5-7-12/h3-7,11,18H,8-10H2,1-2H3. The molecule has 0 amide bonds. The zero-order chi connectivity index (χ0) is 13.7. The number of aromatic nitrogens is 3. The zero-order valence-electron chi connectivity index (χ0n) is 11.3. The van der Waals surface area contributed by atoms with Crippen LogP contribution >= 0.6 is 0 Å². The van der Waals surface area contributed by atoms with Crippen LogP contribution in [0, 0.1) is 5.92 Å². The van der Waals surface area contributed by atoms with Crippen molar-refractivity contribution in [1.29, 1.82) is 0 Å². The van der Waals surface area contributed by atoms with Crippen LogP contribution in [-0.2, 0) is 17.8 Å². The third kappa shape index (κ3) is 3.19. The second-order valence-corrected chi connectivity index (χ2v) is 4.63. The maximum absolute atomic E-state index is 9.38. The highest BCUT2D eigenvalue weighted by molar-refractivity contribution is 5.33. The van der Waals surface area contributed by atoms with Crippen LogP contribution < -0.4 is 0 Å². The van der Waals surface area contributed by atoms with E-state index in [1.165, 1.54) is 0 Å². The summed E-state index contributed by atoms with van der Waals surface area (Å²) in [6, 6.07) is 9.83. The first-order valence-electron chi connectivity index (χ1n) is 6.34. The molecule has 1 aromatic carbocycles. The molecular weight excluding hydrogens is 242 g/mol. The average molecular weight is 261 g/mol. The van der Waals surface area contributed by atoms with Gasteiger partial charge >= 0.3 is 0 Å². The van der Waals surface area contributed by atoms with E-state index < -0.39 is 0 Å².